The number of esters is 1. The van der Waals surface area contributed by atoms with Crippen LogP contribution in [0.15, 0.2) is 4.52 Å². The first-order chi connectivity index (χ1) is 10.0. The van der Waals surface area contributed by atoms with Crippen LogP contribution in [-0.2, 0) is 20.7 Å². The van der Waals surface area contributed by atoms with Crippen molar-refractivity contribution in [2.75, 3.05) is 13.7 Å². The van der Waals surface area contributed by atoms with E-state index < -0.39 is 0 Å². The van der Waals surface area contributed by atoms with Crippen molar-refractivity contribution < 1.29 is 18.8 Å². The number of aromatic nitrogens is 1. The summed E-state index contributed by atoms with van der Waals surface area (Å²) in [6.07, 6.45) is 4.09. The molecule has 1 aromatic rings. The summed E-state index contributed by atoms with van der Waals surface area (Å²) in [5, 5.41) is 6.75. The maximum atomic E-state index is 11.7. The van der Waals surface area contributed by atoms with Gasteiger partial charge in [0.2, 0.25) is 5.91 Å². The van der Waals surface area contributed by atoms with E-state index in [9.17, 15) is 9.59 Å². The van der Waals surface area contributed by atoms with E-state index in [1.807, 2.05) is 13.8 Å². The summed E-state index contributed by atoms with van der Waals surface area (Å²) in [6.45, 7) is 4.38. The van der Waals surface area contributed by atoms with E-state index in [1.165, 1.54) is 7.11 Å². The Hall–Kier alpha value is -1.85. The molecule has 0 aromatic carbocycles. The zero-order chi connectivity index (χ0) is 15.7. The molecule has 6 heteroatoms. The molecule has 118 valence electrons. The largest absolute Gasteiger partial charge is 0.469 e. The highest BCUT2D eigenvalue weighted by Crippen LogP contribution is 2.14. The molecule has 0 bridgehead atoms. The van der Waals surface area contributed by atoms with Gasteiger partial charge in [-0.3, -0.25) is 9.59 Å². The number of methoxy groups -OCH3 is 1. The average molecular weight is 296 g/mol. The normalized spacial score (nSPS) is 10.4. The van der Waals surface area contributed by atoms with Gasteiger partial charge in [-0.05, 0) is 33.1 Å². The Morgan fingerprint density at radius 2 is 1.95 bits per heavy atom. The molecule has 0 saturated carbocycles. The Morgan fingerprint density at radius 3 is 2.57 bits per heavy atom. The van der Waals surface area contributed by atoms with E-state index in [0.29, 0.717) is 25.8 Å². The lowest BCUT2D eigenvalue weighted by Gasteiger charge is -2.05. The summed E-state index contributed by atoms with van der Waals surface area (Å²) < 4.78 is 9.62. The second kappa shape index (κ2) is 9.15. The van der Waals surface area contributed by atoms with E-state index in [2.05, 4.69) is 15.2 Å². The molecule has 21 heavy (non-hydrogen) atoms. The summed E-state index contributed by atoms with van der Waals surface area (Å²) in [4.78, 5) is 22.6. The third kappa shape index (κ3) is 6.42. The van der Waals surface area contributed by atoms with Gasteiger partial charge >= 0.3 is 5.97 Å². The molecule has 0 radical (unpaired) electrons. The van der Waals surface area contributed by atoms with Gasteiger partial charge in [-0.1, -0.05) is 11.6 Å². The molecule has 0 saturated heterocycles. The van der Waals surface area contributed by atoms with Gasteiger partial charge in [0.25, 0.3) is 0 Å². The van der Waals surface area contributed by atoms with E-state index in [4.69, 9.17) is 4.52 Å². The van der Waals surface area contributed by atoms with Gasteiger partial charge in [0.05, 0.1) is 12.8 Å². The van der Waals surface area contributed by atoms with Gasteiger partial charge in [-0.25, -0.2) is 0 Å². The summed E-state index contributed by atoms with van der Waals surface area (Å²) in [6, 6.07) is 0. The van der Waals surface area contributed by atoms with E-state index in [0.717, 1.165) is 36.3 Å². The molecule has 0 unspecified atom stereocenters. The number of carbonyl (C=O) groups is 2. The number of rotatable bonds is 9. The summed E-state index contributed by atoms with van der Waals surface area (Å²) >= 11 is 0. The van der Waals surface area contributed by atoms with Crippen molar-refractivity contribution in [2.24, 2.45) is 0 Å². The number of aryl methyl sites for hydroxylation is 2. The van der Waals surface area contributed by atoms with Crippen molar-refractivity contribution in [3.05, 3.63) is 17.0 Å². The number of nitrogens with one attached hydrogen (secondary N) is 1. The molecule has 0 spiro atoms. The smallest absolute Gasteiger partial charge is 0.305 e. The van der Waals surface area contributed by atoms with Crippen LogP contribution < -0.4 is 5.32 Å². The number of hydrogen-bond acceptors (Lipinski definition) is 5. The first-order valence-corrected chi connectivity index (χ1v) is 7.30. The summed E-state index contributed by atoms with van der Waals surface area (Å²) in [5.74, 6) is 0.629. The van der Waals surface area contributed by atoms with E-state index >= 15 is 0 Å². The van der Waals surface area contributed by atoms with Crippen LogP contribution in [0.25, 0.3) is 0 Å². The van der Waals surface area contributed by atoms with Crippen molar-refractivity contribution in [3.63, 3.8) is 0 Å². The summed E-state index contributed by atoms with van der Waals surface area (Å²) in [7, 11) is 1.39. The Kier molecular flexibility index (Phi) is 7.50. The zero-order valence-electron chi connectivity index (χ0n) is 13.0. The monoisotopic (exact) mass is 296 g/mol. The lowest BCUT2D eigenvalue weighted by molar-refractivity contribution is -0.140. The molecule has 1 aromatic heterocycles. The van der Waals surface area contributed by atoms with Crippen molar-refractivity contribution >= 4 is 11.9 Å². The van der Waals surface area contributed by atoms with Gasteiger partial charge in [0.15, 0.2) is 0 Å². The lowest BCUT2D eigenvalue weighted by atomic mass is 10.1. The first-order valence-electron chi connectivity index (χ1n) is 7.30. The molecular formula is C15H24N2O4. The van der Waals surface area contributed by atoms with Crippen LogP contribution in [0, 0.1) is 13.8 Å². The van der Waals surface area contributed by atoms with Crippen LogP contribution in [0.2, 0.25) is 0 Å². The highest BCUT2D eigenvalue weighted by Gasteiger charge is 2.10. The molecule has 6 nitrogen and oxygen atoms in total. The average Bonchev–Trinajstić information content (AvgIpc) is 2.79. The van der Waals surface area contributed by atoms with Gasteiger partial charge in [0.1, 0.15) is 5.76 Å². The van der Waals surface area contributed by atoms with E-state index in [1.54, 1.807) is 0 Å². The predicted octanol–water partition coefficient (Wildman–Crippen LogP) is 2.07. The molecule has 0 fully saturated rings. The second-order valence-corrected chi connectivity index (χ2v) is 5.04. The second-order valence-electron chi connectivity index (χ2n) is 5.04. The number of nitrogens with zero attached hydrogens (tertiary/aromatic N) is 1. The van der Waals surface area contributed by atoms with Crippen LogP contribution in [0.5, 0.6) is 0 Å². The van der Waals surface area contributed by atoms with Crippen LogP contribution in [0.1, 0.15) is 49.1 Å². The molecule has 1 rings (SSSR count). The van der Waals surface area contributed by atoms with Crippen LogP contribution in [-0.4, -0.2) is 30.7 Å². The van der Waals surface area contributed by atoms with Crippen molar-refractivity contribution in [1.82, 2.24) is 10.5 Å². The maximum absolute atomic E-state index is 11.7. The predicted molar refractivity (Wildman–Crippen MR) is 77.8 cm³/mol. The van der Waals surface area contributed by atoms with Gasteiger partial charge in [0, 0.05) is 24.9 Å². The number of carbonyl (C=O) groups excluding carboxylic acids is 2. The van der Waals surface area contributed by atoms with Gasteiger partial charge < -0.3 is 14.6 Å². The van der Waals surface area contributed by atoms with Gasteiger partial charge in [-0.2, -0.15) is 0 Å². The quantitative estimate of drug-likeness (QED) is 0.557. The van der Waals surface area contributed by atoms with Crippen molar-refractivity contribution in [3.8, 4) is 0 Å². The fourth-order valence-corrected chi connectivity index (χ4v) is 2.09. The Balaban J connectivity index is 2.08. The number of unbranched alkanes of at least 4 members (excludes halogenated alkanes) is 2. The SMILES string of the molecule is COC(=O)CCCCCNC(=O)CCc1c(C)noc1C. The fourth-order valence-electron chi connectivity index (χ4n) is 2.09. The third-order valence-electron chi connectivity index (χ3n) is 3.39. The Morgan fingerprint density at radius 1 is 1.19 bits per heavy atom. The number of hydrogen-bond donors (Lipinski definition) is 1. The molecule has 1 N–H and O–H groups in total. The first kappa shape index (κ1) is 17.2. The Bertz CT molecular complexity index is 449. The highest BCUT2D eigenvalue weighted by molar-refractivity contribution is 5.76. The topological polar surface area (TPSA) is 81.4 Å². The molecule has 1 amide bonds. The molecule has 0 atom stereocenters. The number of amides is 1. The minimum atomic E-state index is -0.182. The van der Waals surface area contributed by atoms with Crippen molar-refractivity contribution in [2.45, 2.75) is 52.4 Å². The van der Waals surface area contributed by atoms with Gasteiger partial charge in [-0.15, -0.1) is 0 Å². The van der Waals surface area contributed by atoms with Crippen LogP contribution in [0.4, 0.5) is 0 Å². The zero-order valence-corrected chi connectivity index (χ0v) is 13.0. The molecule has 0 aliphatic heterocycles. The molecular weight excluding hydrogens is 272 g/mol. The molecule has 0 aliphatic rings. The molecule has 1 heterocycles. The van der Waals surface area contributed by atoms with Crippen molar-refractivity contribution in [1.29, 1.82) is 0 Å². The third-order valence-corrected chi connectivity index (χ3v) is 3.39. The minimum Gasteiger partial charge on any atom is -0.469 e. The maximum Gasteiger partial charge on any atom is 0.305 e. The molecule has 0 aliphatic carbocycles. The Labute approximate surface area is 125 Å². The highest BCUT2D eigenvalue weighted by atomic mass is 16.5. The minimum absolute atomic E-state index is 0.0305. The standard InChI is InChI=1S/C15H24N2O4/c1-11-13(12(2)21-17-11)8-9-14(18)16-10-6-4-5-7-15(19)20-3/h4-10H2,1-3H3,(H,16,18). The summed E-state index contributed by atoms with van der Waals surface area (Å²) in [5.41, 5.74) is 1.87. The van der Waals surface area contributed by atoms with E-state index in [-0.39, 0.29) is 11.9 Å². The van der Waals surface area contributed by atoms with Crippen LogP contribution >= 0.6 is 0 Å². The number of ether oxygens (including phenoxy) is 1. The fraction of sp³-hybridized carbons (Fsp3) is 0.667. The lowest BCUT2D eigenvalue weighted by Crippen LogP contribution is -2.24. The van der Waals surface area contributed by atoms with Crippen LogP contribution in [0.3, 0.4) is 0 Å².